The highest BCUT2D eigenvalue weighted by Crippen LogP contribution is 2.26. The van der Waals surface area contributed by atoms with Crippen molar-refractivity contribution in [3.63, 3.8) is 0 Å². The van der Waals surface area contributed by atoms with Gasteiger partial charge >= 0.3 is 0 Å². The molecule has 0 spiro atoms. The van der Waals surface area contributed by atoms with Crippen molar-refractivity contribution in [3.05, 3.63) is 90.0 Å². The summed E-state index contributed by atoms with van der Waals surface area (Å²) in [5.41, 5.74) is 1.96. The van der Waals surface area contributed by atoms with Gasteiger partial charge in [-0.1, -0.05) is 72.8 Å². The van der Waals surface area contributed by atoms with Gasteiger partial charge in [-0.3, -0.25) is 4.99 Å². The molecule has 0 heterocycles. The molecule has 4 aromatic rings. The van der Waals surface area contributed by atoms with Gasteiger partial charge in [0, 0.05) is 11.8 Å². The minimum atomic E-state index is 0.260. The Morgan fingerprint density at radius 2 is 1.38 bits per heavy atom. The Kier molecular flexibility index (Phi) is 3.72. The molecule has 0 aromatic heterocycles. The fraction of sp³-hybridized carbons (Fsp3) is 0.0455. The number of phenols is 1. The van der Waals surface area contributed by atoms with Crippen LogP contribution in [0.2, 0.25) is 0 Å². The second-order valence-corrected chi connectivity index (χ2v) is 5.83. The SMILES string of the molecule is Oc1ccc2ccccc2c1C=NCc1cccc2ccccc12. The van der Waals surface area contributed by atoms with Gasteiger partial charge in [0.05, 0.1) is 6.54 Å². The number of rotatable bonds is 3. The standard InChI is InChI=1S/C22H17NO/c24-22-13-12-17-7-2-4-11-20(17)21(22)15-23-14-18-9-5-8-16-6-1-3-10-19(16)18/h1-13,15,24H,14H2. The number of aliphatic imine (C=N–C) groups is 1. The summed E-state index contributed by atoms with van der Waals surface area (Å²) in [6, 6.07) is 26.3. The van der Waals surface area contributed by atoms with Gasteiger partial charge in [-0.25, -0.2) is 0 Å². The zero-order valence-electron chi connectivity index (χ0n) is 13.2. The monoisotopic (exact) mass is 311 g/mol. The third-order valence-electron chi connectivity index (χ3n) is 4.31. The van der Waals surface area contributed by atoms with Gasteiger partial charge in [0.25, 0.3) is 0 Å². The van der Waals surface area contributed by atoms with Crippen LogP contribution >= 0.6 is 0 Å². The molecule has 1 N–H and O–H groups in total. The van der Waals surface area contributed by atoms with E-state index in [1.807, 2.05) is 42.5 Å². The molecule has 4 rings (SSSR count). The van der Waals surface area contributed by atoms with Crippen molar-refractivity contribution in [1.29, 1.82) is 0 Å². The molecule has 0 aliphatic carbocycles. The van der Waals surface area contributed by atoms with Crippen LogP contribution in [0.15, 0.2) is 83.9 Å². The second kappa shape index (κ2) is 6.17. The van der Waals surface area contributed by atoms with Crippen molar-refractivity contribution < 1.29 is 5.11 Å². The predicted octanol–water partition coefficient (Wildman–Crippen LogP) is 5.32. The average molecular weight is 311 g/mol. The third-order valence-corrected chi connectivity index (χ3v) is 4.31. The number of aromatic hydroxyl groups is 1. The van der Waals surface area contributed by atoms with Crippen molar-refractivity contribution >= 4 is 27.8 Å². The van der Waals surface area contributed by atoms with Gasteiger partial charge in [0.1, 0.15) is 5.75 Å². The summed E-state index contributed by atoms with van der Waals surface area (Å²) in [6.45, 7) is 0.587. The minimum Gasteiger partial charge on any atom is -0.507 e. The van der Waals surface area contributed by atoms with Crippen LogP contribution < -0.4 is 0 Å². The smallest absolute Gasteiger partial charge is 0.124 e. The minimum absolute atomic E-state index is 0.260. The molecule has 116 valence electrons. The first kappa shape index (κ1) is 14.5. The molecule has 0 bridgehead atoms. The van der Waals surface area contributed by atoms with Gasteiger partial charge in [-0.05, 0) is 33.2 Å². The summed E-state index contributed by atoms with van der Waals surface area (Å²) in [4.78, 5) is 4.59. The molecule has 2 nitrogen and oxygen atoms in total. The van der Waals surface area contributed by atoms with Crippen LogP contribution in [0.5, 0.6) is 5.75 Å². The van der Waals surface area contributed by atoms with E-state index in [1.54, 1.807) is 12.3 Å². The van der Waals surface area contributed by atoms with E-state index in [2.05, 4.69) is 35.3 Å². The summed E-state index contributed by atoms with van der Waals surface area (Å²) < 4.78 is 0. The lowest BCUT2D eigenvalue weighted by atomic mass is 10.0. The van der Waals surface area contributed by atoms with Crippen LogP contribution in [0.1, 0.15) is 11.1 Å². The highest BCUT2D eigenvalue weighted by molar-refractivity contribution is 6.02. The fourth-order valence-corrected chi connectivity index (χ4v) is 3.09. The Hall–Kier alpha value is -3.13. The van der Waals surface area contributed by atoms with E-state index in [0.717, 1.165) is 16.3 Å². The average Bonchev–Trinajstić information content (AvgIpc) is 2.64. The maximum atomic E-state index is 10.2. The lowest BCUT2D eigenvalue weighted by Crippen LogP contribution is -1.89. The van der Waals surface area contributed by atoms with Crippen LogP contribution in [0.25, 0.3) is 21.5 Å². The summed E-state index contributed by atoms with van der Waals surface area (Å²) in [5.74, 6) is 0.260. The number of nitrogens with zero attached hydrogens (tertiary/aromatic N) is 1. The van der Waals surface area contributed by atoms with E-state index < -0.39 is 0 Å². The topological polar surface area (TPSA) is 32.6 Å². The fourth-order valence-electron chi connectivity index (χ4n) is 3.09. The van der Waals surface area contributed by atoms with Crippen molar-refractivity contribution in [2.45, 2.75) is 6.54 Å². The predicted molar refractivity (Wildman–Crippen MR) is 101 cm³/mol. The van der Waals surface area contributed by atoms with Gasteiger partial charge in [0.2, 0.25) is 0 Å². The third kappa shape index (κ3) is 2.63. The van der Waals surface area contributed by atoms with Gasteiger partial charge in [-0.2, -0.15) is 0 Å². The summed E-state index contributed by atoms with van der Waals surface area (Å²) in [7, 11) is 0. The normalized spacial score (nSPS) is 11.5. The Bertz CT molecular complexity index is 1040. The molecule has 0 fully saturated rings. The molecule has 0 aliphatic rings. The molecule has 0 aliphatic heterocycles. The lowest BCUT2D eigenvalue weighted by Gasteiger charge is -2.06. The second-order valence-electron chi connectivity index (χ2n) is 5.83. The molecular weight excluding hydrogens is 294 g/mol. The number of phenolic OH excluding ortho intramolecular Hbond substituents is 1. The number of hydrogen-bond acceptors (Lipinski definition) is 2. The molecule has 0 amide bonds. The van der Waals surface area contributed by atoms with E-state index in [-0.39, 0.29) is 5.75 Å². The molecule has 0 saturated heterocycles. The molecule has 0 atom stereocenters. The Labute approximate surface area is 140 Å². The van der Waals surface area contributed by atoms with E-state index in [1.165, 1.54) is 16.3 Å². The number of fused-ring (bicyclic) bond motifs is 2. The van der Waals surface area contributed by atoms with Crippen molar-refractivity contribution in [3.8, 4) is 5.75 Å². The summed E-state index contributed by atoms with van der Waals surface area (Å²) >= 11 is 0. The van der Waals surface area contributed by atoms with Crippen molar-refractivity contribution in [2.75, 3.05) is 0 Å². The maximum absolute atomic E-state index is 10.2. The lowest BCUT2D eigenvalue weighted by molar-refractivity contribution is 0.475. The first-order valence-electron chi connectivity index (χ1n) is 8.00. The zero-order valence-corrected chi connectivity index (χ0v) is 13.2. The first-order chi connectivity index (χ1) is 11.8. The largest absolute Gasteiger partial charge is 0.507 e. The van der Waals surface area contributed by atoms with Gasteiger partial charge in [0.15, 0.2) is 0 Å². The molecule has 24 heavy (non-hydrogen) atoms. The number of hydrogen-bond donors (Lipinski definition) is 1. The molecule has 0 saturated carbocycles. The first-order valence-corrected chi connectivity index (χ1v) is 8.00. The molecular formula is C22H17NO. The summed E-state index contributed by atoms with van der Waals surface area (Å²) in [5, 5.41) is 14.7. The maximum Gasteiger partial charge on any atom is 0.124 e. The van der Waals surface area contributed by atoms with E-state index in [4.69, 9.17) is 0 Å². The molecule has 0 radical (unpaired) electrons. The van der Waals surface area contributed by atoms with E-state index in [0.29, 0.717) is 6.54 Å². The summed E-state index contributed by atoms with van der Waals surface area (Å²) in [6.07, 6.45) is 1.78. The highest BCUT2D eigenvalue weighted by atomic mass is 16.3. The zero-order chi connectivity index (χ0) is 16.4. The van der Waals surface area contributed by atoms with Crippen molar-refractivity contribution in [2.24, 2.45) is 4.99 Å². The highest BCUT2D eigenvalue weighted by Gasteiger charge is 2.04. The molecule has 2 heteroatoms. The molecule has 4 aromatic carbocycles. The Morgan fingerprint density at radius 3 is 2.21 bits per heavy atom. The van der Waals surface area contributed by atoms with Crippen LogP contribution in [0.3, 0.4) is 0 Å². The quantitative estimate of drug-likeness (QED) is 0.510. The van der Waals surface area contributed by atoms with Crippen LogP contribution in [0, 0.1) is 0 Å². The Balaban J connectivity index is 1.70. The van der Waals surface area contributed by atoms with Crippen LogP contribution in [-0.4, -0.2) is 11.3 Å². The van der Waals surface area contributed by atoms with Crippen molar-refractivity contribution in [1.82, 2.24) is 0 Å². The van der Waals surface area contributed by atoms with E-state index >= 15 is 0 Å². The van der Waals surface area contributed by atoms with Gasteiger partial charge in [-0.15, -0.1) is 0 Å². The van der Waals surface area contributed by atoms with Gasteiger partial charge < -0.3 is 5.11 Å². The number of benzene rings is 4. The molecule has 0 unspecified atom stereocenters. The van der Waals surface area contributed by atoms with E-state index in [9.17, 15) is 5.11 Å². The van der Waals surface area contributed by atoms with Crippen LogP contribution in [-0.2, 0) is 6.54 Å². The Morgan fingerprint density at radius 1 is 0.708 bits per heavy atom. The van der Waals surface area contributed by atoms with Crippen LogP contribution in [0.4, 0.5) is 0 Å².